The molecule has 0 fully saturated rings. The van der Waals surface area contributed by atoms with Crippen LogP contribution in [-0.2, 0) is 14.4 Å². The standard InChI is InChI=1S/C9H15N3O6/c1-6(13)10-2-3-11-9(18)12(4-7(14)15)5-8(16)17/h2-5H2,1H3,(H,10,13)(H,11,18)(H,14,15)(H,16,17). The quantitative estimate of drug-likeness (QED) is 0.403. The molecule has 0 radical (unpaired) electrons. The number of nitrogens with one attached hydrogen (secondary N) is 2. The molecule has 18 heavy (non-hydrogen) atoms. The third-order valence-electron chi connectivity index (χ3n) is 1.71. The van der Waals surface area contributed by atoms with Crippen molar-refractivity contribution in [2.75, 3.05) is 26.2 Å². The molecule has 0 heterocycles. The summed E-state index contributed by atoms with van der Waals surface area (Å²) in [6, 6.07) is -0.815. The highest BCUT2D eigenvalue weighted by Gasteiger charge is 2.18. The van der Waals surface area contributed by atoms with Crippen molar-refractivity contribution in [3.63, 3.8) is 0 Å². The largest absolute Gasteiger partial charge is 0.480 e. The molecule has 0 aliphatic heterocycles. The predicted octanol–water partition coefficient (Wildman–Crippen LogP) is -1.70. The molecule has 0 atom stereocenters. The lowest BCUT2D eigenvalue weighted by Crippen LogP contribution is -2.46. The second kappa shape index (κ2) is 7.87. The summed E-state index contributed by atoms with van der Waals surface area (Å²) in [7, 11) is 0. The molecule has 4 N–H and O–H groups in total. The van der Waals surface area contributed by atoms with Gasteiger partial charge in [-0.1, -0.05) is 0 Å². The van der Waals surface area contributed by atoms with Crippen LogP contribution in [0.25, 0.3) is 0 Å². The van der Waals surface area contributed by atoms with Crippen molar-refractivity contribution in [2.45, 2.75) is 6.92 Å². The summed E-state index contributed by atoms with van der Waals surface area (Å²) in [6.45, 7) is 0.142. The van der Waals surface area contributed by atoms with E-state index in [1.165, 1.54) is 6.92 Å². The number of carboxylic acids is 2. The Morgan fingerprint density at radius 3 is 1.78 bits per heavy atom. The normalized spacial score (nSPS) is 9.39. The van der Waals surface area contributed by atoms with Crippen LogP contribution in [0.5, 0.6) is 0 Å². The van der Waals surface area contributed by atoms with E-state index in [0.717, 1.165) is 0 Å². The van der Waals surface area contributed by atoms with Crippen LogP contribution in [0.1, 0.15) is 6.92 Å². The van der Waals surface area contributed by atoms with Crippen LogP contribution in [-0.4, -0.2) is 65.2 Å². The average molecular weight is 261 g/mol. The zero-order valence-electron chi connectivity index (χ0n) is 9.80. The summed E-state index contributed by atoms with van der Waals surface area (Å²) < 4.78 is 0. The Labute approximate surface area is 103 Å². The van der Waals surface area contributed by atoms with Gasteiger partial charge in [0.25, 0.3) is 0 Å². The minimum Gasteiger partial charge on any atom is -0.480 e. The number of hydrogen-bond acceptors (Lipinski definition) is 4. The highest BCUT2D eigenvalue weighted by molar-refractivity contribution is 5.84. The highest BCUT2D eigenvalue weighted by atomic mass is 16.4. The summed E-state index contributed by atoms with van der Waals surface area (Å²) >= 11 is 0. The van der Waals surface area contributed by atoms with Crippen LogP contribution in [0, 0.1) is 0 Å². The first kappa shape index (κ1) is 15.7. The fraction of sp³-hybridized carbons (Fsp3) is 0.556. The fourth-order valence-electron chi connectivity index (χ4n) is 1.05. The molecule has 0 aromatic heterocycles. The minimum absolute atomic E-state index is 0.0775. The molecule has 0 bridgehead atoms. The second-order valence-corrected chi connectivity index (χ2v) is 3.36. The zero-order chi connectivity index (χ0) is 14.1. The van der Waals surface area contributed by atoms with Gasteiger partial charge in [-0.15, -0.1) is 0 Å². The van der Waals surface area contributed by atoms with Crippen LogP contribution in [0.4, 0.5) is 4.79 Å². The predicted molar refractivity (Wildman–Crippen MR) is 58.9 cm³/mol. The number of hydrogen-bond donors (Lipinski definition) is 4. The van der Waals surface area contributed by atoms with Gasteiger partial charge in [0.05, 0.1) is 0 Å². The molecular weight excluding hydrogens is 246 g/mol. The van der Waals surface area contributed by atoms with Gasteiger partial charge in [0, 0.05) is 20.0 Å². The fourth-order valence-corrected chi connectivity index (χ4v) is 1.05. The third-order valence-corrected chi connectivity index (χ3v) is 1.71. The molecule has 0 saturated carbocycles. The van der Waals surface area contributed by atoms with E-state index >= 15 is 0 Å². The van der Waals surface area contributed by atoms with E-state index in [1.54, 1.807) is 0 Å². The van der Waals surface area contributed by atoms with Gasteiger partial charge >= 0.3 is 18.0 Å². The number of urea groups is 1. The molecule has 9 heteroatoms. The molecule has 0 spiro atoms. The van der Waals surface area contributed by atoms with Crippen LogP contribution in [0.15, 0.2) is 0 Å². The molecule has 0 aliphatic carbocycles. The number of aliphatic carboxylic acids is 2. The Balaban J connectivity index is 4.16. The first-order valence-electron chi connectivity index (χ1n) is 5.03. The summed E-state index contributed by atoms with van der Waals surface area (Å²) in [4.78, 5) is 43.5. The first-order valence-corrected chi connectivity index (χ1v) is 5.03. The Kier molecular flexibility index (Phi) is 6.86. The number of carbonyl (C=O) groups is 4. The molecule has 0 aromatic rings. The maximum Gasteiger partial charge on any atom is 0.323 e. The topological polar surface area (TPSA) is 136 Å². The number of rotatable bonds is 7. The van der Waals surface area contributed by atoms with Crippen molar-refractivity contribution >= 4 is 23.9 Å². The van der Waals surface area contributed by atoms with E-state index in [0.29, 0.717) is 4.90 Å². The lowest BCUT2D eigenvalue weighted by molar-refractivity contribution is -0.140. The minimum atomic E-state index is -1.31. The molecule has 0 aromatic carbocycles. The van der Waals surface area contributed by atoms with Crippen molar-refractivity contribution in [3.8, 4) is 0 Å². The van der Waals surface area contributed by atoms with Gasteiger partial charge < -0.3 is 25.7 Å². The van der Waals surface area contributed by atoms with Gasteiger partial charge in [0.2, 0.25) is 5.91 Å². The molecule has 0 saturated heterocycles. The number of amides is 3. The Morgan fingerprint density at radius 1 is 0.944 bits per heavy atom. The van der Waals surface area contributed by atoms with Crippen LogP contribution < -0.4 is 10.6 Å². The molecular formula is C9H15N3O6. The third kappa shape index (κ3) is 7.91. The number of carboxylic acid groups (broad SMARTS) is 2. The van der Waals surface area contributed by atoms with Gasteiger partial charge in [-0.3, -0.25) is 14.4 Å². The van der Waals surface area contributed by atoms with Gasteiger partial charge in [-0.05, 0) is 0 Å². The molecule has 3 amide bonds. The molecule has 0 rings (SSSR count). The molecule has 102 valence electrons. The summed E-state index contributed by atoms with van der Waals surface area (Å²) in [6.07, 6.45) is 0. The number of nitrogens with zero attached hydrogens (tertiary/aromatic N) is 1. The molecule has 0 unspecified atom stereocenters. The van der Waals surface area contributed by atoms with E-state index in [-0.39, 0.29) is 19.0 Å². The molecule has 0 aliphatic rings. The van der Waals surface area contributed by atoms with Crippen LogP contribution in [0.2, 0.25) is 0 Å². The lowest BCUT2D eigenvalue weighted by Gasteiger charge is -2.18. The zero-order valence-corrected chi connectivity index (χ0v) is 9.80. The van der Waals surface area contributed by atoms with E-state index in [2.05, 4.69) is 10.6 Å². The van der Waals surface area contributed by atoms with Crippen LogP contribution in [0.3, 0.4) is 0 Å². The van der Waals surface area contributed by atoms with Crippen molar-refractivity contribution in [1.29, 1.82) is 0 Å². The maximum absolute atomic E-state index is 11.4. The van der Waals surface area contributed by atoms with Crippen molar-refractivity contribution < 1.29 is 29.4 Å². The lowest BCUT2D eigenvalue weighted by atomic mass is 10.5. The maximum atomic E-state index is 11.4. The SMILES string of the molecule is CC(=O)NCCNC(=O)N(CC(=O)O)CC(=O)O. The Hall–Kier alpha value is -2.32. The Bertz CT molecular complexity index is 327. The first-order chi connectivity index (χ1) is 8.32. The van der Waals surface area contributed by atoms with Gasteiger partial charge in [0.1, 0.15) is 13.1 Å². The second-order valence-electron chi connectivity index (χ2n) is 3.36. The van der Waals surface area contributed by atoms with Crippen molar-refractivity contribution in [2.24, 2.45) is 0 Å². The van der Waals surface area contributed by atoms with E-state index < -0.39 is 31.1 Å². The van der Waals surface area contributed by atoms with E-state index in [4.69, 9.17) is 10.2 Å². The summed E-state index contributed by atoms with van der Waals surface area (Å²) in [5, 5.41) is 21.7. The van der Waals surface area contributed by atoms with E-state index in [9.17, 15) is 19.2 Å². The summed E-state index contributed by atoms with van der Waals surface area (Å²) in [5.74, 6) is -2.89. The van der Waals surface area contributed by atoms with Crippen molar-refractivity contribution in [1.82, 2.24) is 15.5 Å². The van der Waals surface area contributed by atoms with Gasteiger partial charge in [0.15, 0.2) is 0 Å². The van der Waals surface area contributed by atoms with Gasteiger partial charge in [-0.25, -0.2) is 4.79 Å². The smallest absolute Gasteiger partial charge is 0.323 e. The summed E-state index contributed by atoms with van der Waals surface area (Å²) in [5.41, 5.74) is 0. The van der Waals surface area contributed by atoms with Crippen molar-refractivity contribution in [3.05, 3.63) is 0 Å². The highest BCUT2D eigenvalue weighted by Crippen LogP contribution is 1.89. The van der Waals surface area contributed by atoms with E-state index in [1.807, 2.05) is 0 Å². The molecule has 9 nitrogen and oxygen atoms in total. The van der Waals surface area contributed by atoms with Gasteiger partial charge in [-0.2, -0.15) is 0 Å². The number of carbonyl (C=O) groups excluding carboxylic acids is 2. The average Bonchev–Trinajstić information content (AvgIpc) is 2.21. The monoisotopic (exact) mass is 261 g/mol. The Morgan fingerprint density at radius 2 is 1.39 bits per heavy atom. The van der Waals surface area contributed by atoms with Crippen LogP contribution >= 0.6 is 0 Å².